The molecule has 26 heavy (non-hydrogen) atoms. The van der Waals surface area contributed by atoms with Gasteiger partial charge in [-0.3, -0.25) is 10.1 Å². The highest BCUT2D eigenvalue weighted by Crippen LogP contribution is 2.37. The number of rotatable bonds is 9. The zero-order valence-corrected chi connectivity index (χ0v) is 17.0. The lowest BCUT2D eigenvalue weighted by Crippen LogP contribution is -2.41. The second-order valence-electron chi connectivity index (χ2n) is 8.02. The summed E-state index contributed by atoms with van der Waals surface area (Å²) in [4.78, 5) is 22.1. The van der Waals surface area contributed by atoms with Crippen molar-refractivity contribution in [2.45, 2.75) is 51.2 Å². The predicted molar refractivity (Wildman–Crippen MR) is 100.0 cm³/mol. The molecule has 0 fully saturated rings. The van der Waals surface area contributed by atoms with Gasteiger partial charge in [0, 0.05) is 23.0 Å². The van der Waals surface area contributed by atoms with Crippen LogP contribution in [0.15, 0.2) is 18.2 Å². The zero-order valence-electron chi connectivity index (χ0n) is 16.0. The number of carbonyl (C=O) groups excluding carboxylic acids is 1. The van der Waals surface area contributed by atoms with Gasteiger partial charge in [-0.25, -0.2) is 4.39 Å². The van der Waals surface area contributed by atoms with Crippen LogP contribution >= 0.6 is 0 Å². The second kappa shape index (κ2) is 8.72. The molecule has 1 N–H and O–H groups in total. The van der Waals surface area contributed by atoms with E-state index in [0.29, 0.717) is 6.29 Å². The lowest BCUT2D eigenvalue weighted by molar-refractivity contribution is -0.484. The number of aldehydes is 1. The van der Waals surface area contributed by atoms with Crippen LogP contribution < -0.4 is 0 Å². The van der Waals surface area contributed by atoms with E-state index in [1.165, 1.54) is 0 Å². The second-order valence-corrected chi connectivity index (χ2v) is 12.8. The highest BCUT2D eigenvalue weighted by molar-refractivity contribution is 6.74. The molecule has 6 nitrogen and oxygen atoms in total. The van der Waals surface area contributed by atoms with Gasteiger partial charge in [-0.2, -0.15) is 0 Å². The summed E-state index contributed by atoms with van der Waals surface area (Å²) < 4.78 is 19.6. The number of nitrogens with zero attached hydrogens (tertiary/aromatic N) is 1. The van der Waals surface area contributed by atoms with Crippen LogP contribution in [0.5, 0.6) is 5.75 Å². The molecule has 1 aromatic carbocycles. The number of halogens is 1. The summed E-state index contributed by atoms with van der Waals surface area (Å²) in [5.41, 5.74) is 0.0751. The molecule has 2 unspecified atom stereocenters. The number of phenolic OH excluding ortho intramolecular Hbond substituents is 1. The normalized spacial score (nSPS) is 14.7. The Labute approximate surface area is 154 Å². The third-order valence-corrected chi connectivity index (χ3v) is 9.68. The van der Waals surface area contributed by atoms with Crippen LogP contribution in [-0.4, -0.2) is 37.8 Å². The van der Waals surface area contributed by atoms with Gasteiger partial charge in [0.25, 0.3) is 0 Å². The van der Waals surface area contributed by atoms with Gasteiger partial charge in [-0.1, -0.05) is 20.8 Å². The number of carbonyl (C=O) groups is 1. The molecule has 0 spiro atoms. The van der Waals surface area contributed by atoms with Crippen molar-refractivity contribution in [2.24, 2.45) is 5.92 Å². The highest BCUT2D eigenvalue weighted by atomic mass is 28.4. The third kappa shape index (κ3) is 5.88. The number of nitro groups is 1. The van der Waals surface area contributed by atoms with E-state index in [0.717, 1.165) is 18.2 Å². The van der Waals surface area contributed by atoms with Crippen LogP contribution in [0, 0.1) is 21.8 Å². The highest BCUT2D eigenvalue weighted by Gasteiger charge is 2.37. The van der Waals surface area contributed by atoms with E-state index in [-0.39, 0.29) is 29.4 Å². The molecule has 146 valence electrons. The Balaban J connectivity index is 2.99. The minimum Gasteiger partial charge on any atom is -0.508 e. The van der Waals surface area contributed by atoms with Crippen molar-refractivity contribution in [3.63, 3.8) is 0 Å². The van der Waals surface area contributed by atoms with Crippen LogP contribution in [0.2, 0.25) is 18.1 Å². The summed E-state index contributed by atoms with van der Waals surface area (Å²) in [7, 11) is -2.01. The lowest BCUT2D eigenvalue weighted by atomic mass is 9.84. The van der Waals surface area contributed by atoms with Crippen molar-refractivity contribution in [3.8, 4) is 5.75 Å². The molecule has 8 heteroatoms. The Kier molecular flexibility index (Phi) is 7.46. The molecule has 0 amide bonds. The minimum atomic E-state index is -2.01. The summed E-state index contributed by atoms with van der Waals surface area (Å²) in [6.45, 7) is 10.2. The Morgan fingerprint density at radius 1 is 1.38 bits per heavy atom. The van der Waals surface area contributed by atoms with Gasteiger partial charge >= 0.3 is 0 Å². The van der Waals surface area contributed by atoms with E-state index in [1.54, 1.807) is 0 Å². The largest absolute Gasteiger partial charge is 0.508 e. The molecule has 0 aromatic heterocycles. The molecular weight excluding hydrogens is 357 g/mol. The van der Waals surface area contributed by atoms with E-state index in [1.807, 2.05) is 0 Å². The van der Waals surface area contributed by atoms with E-state index in [9.17, 15) is 24.4 Å². The summed E-state index contributed by atoms with van der Waals surface area (Å²) in [5.74, 6) is -2.54. The molecule has 0 heterocycles. The van der Waals surface area contributed by atoms with E-state index in [2.05, 4.69) is 33.9 Å². The number of phenols is 1. The van der Waals surface area contributed by atoms with Crippen LogP contribution in [-0.2, 0) is 9.22 Å². The third-order valence-electron chi connectivity index (χ3n) is 5.15. The molecule has 2 atom stereocenters. The number of benzene rings is 1. The predicted octanol–water partition coefficient (Wildman–Crippen LogP) is 4.12. The Bertz CT molecular complexity index is 645. The zero-order chi connectivity index (χ0) is 20.1. The lowest BCUT2D eigenvalue weighted by Gasteiger charge is -2.36. The first kappa shape index (κ1) is 22.2. The Hall–Kier alpha value is -1.80. The molecule has 0 aliphatic heterocycles. The topological polar surface area (TPSA) is 89.7 Å². The average Bonchev–Trinajstić information content (AvgIpc) is 2.51. The molecule has 1 aromatic rings. The fourth-order valence-corrected chi connectivity index (χ4v) is 3.54. The van der Waals surface area contributed by atoms with E-state index < -0.39 is 37.4 Å². The first-order valence-electron chi connectivity index (χ1n) is 8.58. The van der Waals surface area contributed by atoms with Crippen LogP contribution in [0.1, 0.15) is 38.7 Å². The summed E-state index contributed by atoms with van der Waals surface area (Å²) in [5, 5.41) is 21.1. The fourth-order valence-electron chi connectivity index (χ4n) is 2.48. The number of hydrogen-bond acceptors (Lipinski definition) is 5. The molecule has 0 bridgehead atoms. The minimum absolute atomic E-state index is 0.00470. The smallest absolute Gasteiger partial charge is 0.211 e. The quantitative estimate of drug-likeness (QED) is 0.299. The average molecular weight is 386 g/mol. The molecule has 0 radical (unpaired) electrons. The molecule has 0 aliphatic rings. The summed E-state index contributed by atoms with van der Waals surface area (Å²) in [6.07, 6.45) is 0.901. The maximum absolute atomic E-state index is 13.6. The van der Waals surface area contributed by atoms with Gasteiger partial charge in [0.1, 0.15) is 17.9 Å². The maximum atomic E-state index is 13.6. The van der Waals surface area contributed by atoms with E-state index >= 15 is 0 Å². The van der Waals surface area contributed by atoms with Gasteiger partial charge in [0.05, 0.1) is 5.92 Å². The molecule has 0 saturated carbocycles. The van der Waals surface area contributed by atoms with Gasteiger partial charge in [0.15, 0.2) is 8.32 Å². The monoisotopic (exact) mass is 385 g/mol. The first-order valence-corrected chi connectivity index (χ1v) is 11.5. The Morgan fingerprint density at radius 3 is 2.50 bits per heavy atom. The Morgan fingerprint density at radius 2 is 2.00 bits per heavy atom. The van der Waals surface area contributed by atoms with Gasteiger partial charge in [-0.05, 0) is 42.8 Å². The number of aromatic hydroxyl groups is 1. The van der Waals surface area contributed by atoms with E-state index in [4.69, 9.17) is 4.43 Å². The van der Waals surface area contributed by atoms with Gasteiger partial charge < -0.3 is 14.3 Å². The van der Waals surface area contributed by atoms with Crippen molar-refractivity contribution >= 4 is 14.6 Å². The molecule has 0 aliphatic carbocycles. The molecular formula is C18H28FNO5Si. The van der Waals surface area contributed by atoms with Crippen molar-refractivity contribution in [3.05, 3.63) is 39.7 Å². The summed E-state index contributed by atoms with van der Waals surface area (Å²) >= 11 is 0. The first-order chi connectivity index (χ1) is 11.9. The molecule has 1 rings (SSSR count). The van der Waals surface area contributed by atoms with Crippen molar-refractivity contribution < 1.29 is 23.6 Å². The molecule has 0 saturated heterocycles. The van der Waals surface area contributed by atoms with Gasteiger partial charge in [0.2, 0.25) is 6.54 Å². The SMILES string of the molecule is CC(C)(C)[Si](C)(C)OCCC(C=O)C(C[N+](=O)[O-])c1cc(F)ccc1O. The van der Waals surface area contributed by atoms with Crippen LogP contribution in [0.4, 0.5) is 4.39 Å². The maximum Gasteiger partial charge on any atom is 0.211 e. The van der Waals surface area contributed by atoms with Crippen molar-refractivity contribution in [2.75, 3.05) is 13.2 Å². The van der Waals surface area contributed by atoms with Gasteiger partial charge in [-0.15, -0.1) is 0 Å². The van der Waals surface area contributed by atoms with Crippen LogP contribution in [0.25, 0.3) is 0 Å². The summed E-state index contributed by atoms with van der Waals surface area (Å²) in [6, 6.07) is 3.26. The standard InChI is InChI=1S/C18H28FNO5Si/c1-18(2,3)26(4,5)25-9-8-13(12-21)16(11-20(23)24)15-10-14(19)6-7-17(15)22/h6-7,10,12-13,16,22H,8-9,11H2,1-5H3. The van der Waals surface area contributed by atoms with Crippen LogP contribution in [0.3, 0.4) is 0 Å². The fraction of sp³-hybridized carbons (Fsp3) is 0.611. The van der Waals surface area contributed by atoms with Crippen molar-refractivity contribution in [1.82, 2.24) is 0 Å². The number of hydrogen-bond donors (Lipinski definition) is 1. The van der Waals surface area contributed by atoms with Crippen molar-refractivity contribution in [1.29, 1.82) is 0 Å².